The number of aryl methyl sites for hydroxylation is 1. The summed E-state index contributed by atoms with van der Waals surface area (Å²) >= 11 is 0. The van der Waals surface area contributed by atoms with Crippen LogP contribution in [0.2, 0.25) is 0 Å². The second-order valence-electron chi connectivity index (χ2n) is 9.59. The van der Waals surface area contributed by atoms with Crippen LogP contribution in [0.4, 0.5) is 8.78 Å². The Balaban J connectivity index is 1.46. The molecule has 38 heavy (non-hydrogen) atoms. The van der Waals surface area contributed by atoms with Gasteiger partial charge < -0.3 is 9.30 Å². The molecule has 0 amide bonds. The zero-order valence-corrected chi connectivity index (χ0v) is 21.1. The van der Waals surface area contributed by atoms with Crippen LogP contribution in [0, 0.1) is 18.6 Å². The van der Waals surface area contributed by atoms with Crippen LogP contribution in [-0.2, 0) is 19.7 Å². The van der Waals surface area contributed by atoms with Gasteiger partial charge in [-0.25, -0.2) is 8.78 Å². The van der Waals surface area contributed by atoms with Crippen LogP contribution in [0.1, 0.15) is 22.4 Å². The van der Waals surface area contributed by atoms with E-state index < -0.39 is 0 Å². The molecule has 0 fully saturated rings. The molecule has 0 saturated heterocycles. The SMILES string of the molecule is Cc1c2c(cc[n+]1Cc1ccccc1)c1ccc(OCc3cccc(F)c3)cc1n2Cc1cccc(F)c1. The fraction of sp³-hybridized carbons (Fsp3) is 0.121. The van der Waals surface area contributed by atoms with Gasteiger partial charge >= 0.3 is 0 Å². The zero-order valence-electron chi connectivity index (χ0n) is 21.1. The molecule has 188 valence electrons. The van der Waals surface area contributed by atoms with E-state index in [9.17, 15) is 8.78 Å². The Morgan fingerprint density at radius 1 is 0.711 bits per heavy atom. The van der Waals surface area contributed by atoms with E-state index in [0.717, 1.165) is 45.2 Å². The maximum Gasteiger partial charge on any atom is 0.203 e. The molecule has 2 aromatic heterocycles. The first-order valence-electron chi connectivity index (χ1n) is 12.7. The summed E-state index contributed by atoms with van der Waals surface area (Å²) in [6.45, 7) is 3.67. The van der Waals surface area contributed by atoms with Gasteiger partial charge in [0.25, 0.3) is 0 Å². The Bertz CT molecular complexity index is 1760. The van der Waals surface area contributed by atoms with Crippen molar-refractivity contribution in [3.63, 3.8) is 0 Å². The Kier molecular flexibility index (Phi) is 6.34. The smallest absolute Gasteiger partial charge is 0.203 e. The molecule has 0 radical (unpaired) electrons. The first kappa shape index (κ1) is 23.9. The van der Waals surface area contributed by atoms with Crippen molar-refractivity contribution in [2.45, 2.75) is 26.6 Å². The lowest BCUT2D eigenvalue weighted by Gasteiger charge is -2.11. The van der Waals surface area contributed by atoms with E-state index in [0.29, 0.717) is 12.3 Å². The standard InChI is InChI=1S/C33H27F2N2O/c1-23-33-31(15-16-36(23)20-24-7-3-2-4-8-24)30-14-13-29(38-22-26-10-6-12-28(35)18-26)19-32(30)37(33)21-25-9-5-11-27(34)17-25/h2-19H,20-22H2,1H3/q+1. The number of nitrogens with zero attached hydrogens (tertiary/aromatic N) is 2. The van der Waals surface area contributed by atoms with Gasteiger partial charge in [-0.2, -0.15) is 4.57 Å². The van der Waals surface area contributed by atoms with E-state index in [-0.39, 0.29) is 18.2 Å². The van der Waals surface area contributed by atoms with E-state index >= 15 is 0 Å². The fourth-order valence-corrected chi connectivity index (χ4v) is 5.14. The molecule has 0 aliphatic heterocycles. The highest BCUT2D eigenvalue weighted by molar-refractivity contribution is 6.08. The molecule has 0 aliphatic rings. The van der Waals surface area contributed by atoms with Crippen molar-refractivity contribution in [2.75, 3.05) is 0 Å². The Morgan fingerprint density at radius 2 is 1.42 bits per heavy atom. The van der Waals surface area contributed by atoms with E-state index in [1.807, 2.05) is 30.3 Å². The van der Waals surface area contributed by atoms with Gasteiger partial charge in [0.15, 0.2) is 12.7 Å². The molecular weight excluding hydrogens is 478 g/mol. The summed E-state index contributed by atoms with van der Waals surface area (Å²) in [7, 11) is 0. The monoisotopic (exact) mass is 505 g/mol. The molecule has 6 rings (SSSR count). The van der Waals surface area contributed by atoms with Gasteiger partial charge in [-0.1, -0.05) is 54.6 Å². The molecule has 5 heteroatoms. The number of hydrogen-bond donors (Lipinski definition) is 0. The minimum absolute atomic E-state index is 0.252. The van der Waals surface area contributed by atoms with Gasteiger partial charge in [0.05, 0.1) is 5.52 Å². The summed E-state index contributed by atoms with van der Waals surface area (Å²) in [6, 6.07) is 31.7. The first-order valence-corrected chi connectivity index (χ1v) is 12.7. The molecule has 0 unspecified atom stereocenters. The lowest BCUT2D eigenvalue weighted by atomic mass is 10.1. The number of aromatic nitrogens is 2. The summed E-state index contributed by atoms with van der Waals surface area (Å²) in [5.41, 5.74) is 6.10. The molecule has 3 nitrogen and oxygen atoms in total. The predicted molar refractivity (Wildman–Crippen MR) is 146 cm³/mol. The Morgan fingerprint density at radius 3 is 2.18 bits per heavy atom. The number of fused-ring (bicyclic) bond motifs is 3. The highest BCUT2D eigenvalue weighted by atomic mass is 19.1. The molecule has 0 spiro atoms. The van der Waals surface area contributed by atoms with Gasteiger partial charge in [-0.3, -0.25) is 0 Å². The minimum atomic E-state index is -0.281. The maximum absolute atomic E-state index is 14.1. The molecule has 0 atom stereocenters. The lowest BCUT2D eigenvalue weighted by molar-refractivity contribution is -0.693. The number of benzene rings is 4. The summed E-state index contributed by atoms with van der Waals surface area (Å²) in [5.74, 6) is 0.161. The number of halogens is 2. The second kappa shape index (κ2) is 10.1. The van der Waals surface area contributed by atoms with Crippen LogP contribution in [0.3, 0.4) is 0 Å². The Hall–Kier alpha value is -4.51. The molecule has 2 heterocycles. The van der Waals surface area contributed by atoms with Crippen LogP contribution in [-0.4, -0.2) is 4.57 Å². The Labute approximate surface area is 220 Å². The molecule has 4 aromatic carbocycles. The molecule has 0 saturated carbocycles. The van der Waals surface area contributed by atoms with Gasteiger partial charge in [0.1, 0.15) is 29.5 Å². The average Bonchev–Trinajstić information content (AvgIpc) is 3.23. The topological polar surface area (TPSA) is 18.0 Å². The van der Waals surface area contributed by atoms with Crippen molar-refractivity contribution >= 4 is 21.8 Å². The third-order valence-corrected chi connectivity index (χ3v) is 6.99. The molecular formula is C33H27F2N2O+. The van der Waals surface area contributed by atoms with Crippen molar-refractivity contribution in [1.29, 1.82) is 0 Å². The number of ether oxygens (including phenoxy) is 1. The van der Waals surface area contributed by atoms with Gasteiger partial charge in [-0.05, 0) is 47.5 Å². The molecule has 0 N–H and O–H groups in total. The van der Waals surface area contributed by atoms with E-state index in [2.05, 4.69) is 58.7 Å². The van der Waals surface area contributed by atoms with Crippen molar-refractivity contribution in [3.8, 4) is 5.75 Å². The van der Waals surface area contributed by atoms with Crippen LogP contribution < -0.4 is 9.30 Å². The van der Waals surface area contributed by atoms with Crippen molar-refractivity contribution in [2.24, 2.45) is 0 Å². The normalized spacial score (nSPS) is 11.3. The molecule has 0 bridgehead atoms. The third-order valence-electron chi connectivity index (χ3n) is 6.99. The molecule has 6 aromatic rings. The first-order chi connectivity index (χ1) is 18.5. The van der Waals surface area contributed by atoms with E-state index in [1.165, 1.54) is 23.8 Å². The summed E-state index contributed by atoms with van der Waals surface area (Å²) < 4.78 is 38.3. The van der Waals surface area contributed by atoms with Crippen molar-refractivity contribution < 1.29 is 18.1 Å². The lowest BCUT2D eigenvalue weighted by Crippen LogP contribution is -2.37. The zero-order chi connectivity index (χ0) is 26.1. The van der Waals surface area contributed by atoms with Crippen LogP contribution in [0.15, 0.2) is 109 Å². The second-order valence-corrected chi connectivity index (χ2v) is 9.59. The highest BCUT2D eigenvalue weighted by Gasteiger charge is 2.20. The largest absolute Gasteiger partial charge is 0.489 e. The number of hydrogen-bond acceptors (Lipinski definition) is 1. The third kappa shape index (κ3) is 4.75. The van der Waals surface area contributed by atoms with Gasteiger partial charge in [-0.15, -0.1) is 0 Å². The van der Waals surface area contributed by atoms with Crippen LogP contribution in [0.25, 0.3) is 21.8 Å². The molecule has 0 aliphatic carbocycles. The number of pyridine rings is 1. The quantitative estimate of drug-likeness (QED) is 0.208. The van der Waals surface area contributed by atoms with Crippen molar-refractivity contribution in [1.82, 2.24) is 4.57 Å². The summed E-state index contributed by atoms with van der Waals surface area (Å²) in [4.78, 5) is 0. The highest BCUT2D eigenvalue weighted by Crippen LogP contribution is 2.33. The predicted octanol–water partition coefficient (Wildman–Crippen LogP) is 7.34. The summed E-state index contributed by atoms with van der Waals surface area (Å²) in [6.07, 6.45) is 2.13. The average molecular weight is 506 g/mol. The van der Waals surface area contributed by atoms with Gasteiger partial charge in [0, 0.05) is 41.9 Å². The minimum Gasteiger partial charge on any atom is -0.489 e. The van der Waals surface area contributed by atoms with E-state index in [1.54, 1.807) is 18.2 Å². The van der Waals surface area contributed by atoms with Crippen LogP contribution in [0.5, 0.6) is 5.75 Å². The van der Waals surface area contributed by atoms with Gasteiger partial charge in [0.2, 0.25) is 5.69 Å². The summed E-state index contributed by atoms with van der Waals surface area (Å²) in [5, 5.41) is 2.24. The maximum atomic E-state index is 14.1. The number of rotatable bonds is 7. The van der Waals surface area contributed by atoms with Crippen molar-refractivity contribution in [3.05, 3.63) is 143 Å². The van der Waals surface area contributed by atoms with Crippen LogP contribution >= 0.6 is 0 Å². The fourth-order valence-electron chi connectivity index (χ4n) is 5.14. The van der Waals surface area contributed by atoms with E-state index in [4.69, 9.17) is 4.74 Å².